The SMILES string of the molecule is CC1(C)c2ccccc2N(c2ccc(C=C3C(=O)c4cc5cscc5cc4C3=O)s2)c2ncccc21. The number of benzene rings is 2. The van der Waals surface area contributed by atoms with E-state index in [-0.39, 0.29) is 22.6 Å². The van der Waals surface area contributed by atoms with Gasteiger partial charge in [0.1, 0.15) is 10.8 Å². The fourth-order valence-corrected chi connectivity index (χ4v) is 7.08. The second-order valence-electron chi connectivity index (χ2n) is 9.64. The maximum Gasteiger partial charge on any atom is 0.197 e. The van der Waals surface area contributed by atoms with Crippen LogP contribution in [-0.2, 0) is 5.41 Å². The average molecular weight is 505 g/mol. The Bertz CT molecular complexity index is 1670. The lowest BCUT2D eigenvalue weighted by Crippen LogP contribution is -2.30. The molecule has 2 aromatic carbocycles. The summed E-state index contributed by atoms with van der Waals surface area (Å²) in [6, 6.07) is 20.2. The van der Waals surface area contributed by atoms with Gasteiger partial charge in [-0.25, -0.2) is 4.98 Å². The molecule has 0 atom stereocenters. The van der Waals surface area contributed by atoms with Gasteiger partial charge in [0.15, 0.2) is 11.6 Å². The van der Waals surface area contributed by atoms with Crippen LogP contribution in [0.5, 0.6) is 0 Å². The molecule has 0 saturated carbocycles. The number of pyridine rings is 1. The van der Waals surface area contributed by atoms with Gasteiger partial charge in [0.2, 0.25) is 0 Å². The van der Waals surface area contributed by atoms with Gasteiger partial charge in [0, 0.05) is 33.2 Å². The van der Waals surface area contributed by atoms with Crippen molar-refractivity contribution in [3.05, 3.63) is 110 Å². The number of carbonyl (C=O) groups is 2. The molecule has 4 heterocycles. The predicted octanol–water partition coefficient (Wildman–Crippen LogP) is 7.93. The van der Waals surface area contributed by atoms with Gasteiger partial charge in [0.05, 0.1) is 11.3 Å². The molecule has 1 aliphatic carbocycles. The molecular formula is C30H20N2O2S2. The third-order valence-electron chi connectivity index (χ3n) is 7.20. The van der Waals surface area contributed by atoms with Crippen LogP contribution < -0.4 is 4.90 Å². The first-order chi connectivity index (χ1) is 17.4. The summed E-state index contributed by atoms with van der Waals surface area (Å²) in [5, 5.41) is 6.99. The second-order valence-corrected chi connectivity index (χ2v) is 11.5. The van der Waals surface area contributed by atoms with Crippen molar-refractivity contribution in [3.63, 3.8) is 0 Å². The highest BCUT2D eigenvalue weighted by molar-refractivity contribution is 7.17. The number of carbonyl (C=O) groups excluding carboxylic acids is 2. The highest BCUT2D eigenvalue weighted by atomic mass is 32.1. The molecule has 0 saturated heterocycles. The number of fused-ring (bicyclic) bond motifs is 4. The van der Waals surface area contributed by atoms with E-state index in [1.54, 1.807) is 28.7 Å². The molecule has 0 spiro atoms. The Morgan fingerprint density at radius 1 is 0.861 bits per heavy atom. The van der Waals surface area contributed by atoms with E-state index in [0.717, 1.165) is 37.7 Å². The van der Waals surface area contributed by atoms with Crippen molar-refractivity contribution in [2.24, 2.45) is 0 Å². The van der Waals surface area contributed by atoms with Crippen molar-refractivity contribution in [1.29, 1.82) is 0 Å². The van der Waals surface area contributed by atoms with Gasteiger partial charge in [-0.3, -0.25) is 14.5 Å². The number of hydrogen-bond donors (Lipinski definition) is 0. The van der Waals surface area contributed by atoms with Crippen LogP contribution in [0.2, 0.25) is 0 Å². The van der Waals surface area contributed by atoms with E-state index in [1.165, 1.54) is 5.56 Å². The van der Waals surface area contributed by atoms with E-state index in [2.05, 4.69) is 43.0 Å². The van der Waals surface area contributed by atoms with E-state index in [1.807, 2.05) is 53.4 Å². The van der Waals surface area contributed by atoms with Crippen LogP contribution >= 0.6 is 22.7 Å². The Morgan fingerprint density at radius 2 is 1.56 bits per heavy atom. The van der Waals surface area contributed by atoms with Crippen molar-refractivity contribution in [2.45, 2.75) is 19.3 Å². The van der Waals surface area contributed by atoms with E-state index < -0.39 is 0 Å². The lowest BCUT2D eigenvalue weighted by Gasteiger charge is -2.40. The van der Waals surface area contributed by atoms with Crippen molar-refractivity contribution in [3.8, 4) is 0 Å². The number of Topliss-reactive ketones (excluding diaryl/α,β-unsaturated/α-hetero) is 2. The number of ketones is 2. The third-order valence-corrected chi connectivity index (χ3v) is 9.00. The van der Waals surface area contributed by atoms with Crippen LogP contribution in [0.1, 0.15) is 50.6 Å². The van der Waals surface area contributed by atoms with E-state index in [4.69, 9.17) is 4.98 Å². The Morgan fingerprint density at radius 3 is 2.31 bits per heavy atom. The minimum atomic E-state index is -0.199. The topological polar surface area (TPSA) is 50.3 Å². The monoisotopic (exact) mass is 504 g/mol. The molecule has 4 nitrogen and oxygen atoms in total. The normalized spacial score (nSPS) is 15.7. The first-order valence-corrected chi connectivity index (χ1v) is 13.5. The molecule has 0 radical (unpaired) electrons. The average Bonchev–Trinajstić information content (AvgIpc) is 3.59. The summed E-state index contributed by atoms with van der Waals surface area (Å²) in [7, 11) is 0. The van der Waals surface area contributed by atoms with Crippen molar-refractivity contribution in [2.75, 3.05) is 4.90 Å². The van der Waals surface area contributed by atoms with E-state index >= 15 is 0 Å². The number of nitrogens with zero attached hydrogens (tertiary/aromatic N) is 2. The quantitative estimate of drug-likeness (QED) is 0.181. The first-order valence-electron chi connectivity index (χ1n) is 11.7. The Balaban J connectivity index is 1.32. The zero-order valence-electron chi connectivity index (χ0n) is 19.6. The smallest absolute Gasteiger partial charge is 0.197 e. The fourth-order valence-electron chi connectivity index (χ4n) is 5.34. The van der Waals surface area contributed by atoms with Gasteiger partial charge in [-0.05, 0) is 69.6 Å². The van der Waals surface area contributed by atoms with Crippen LogP contribution in [0, 0.1) is 0 Å². The van der Waals surface area contributed by atoms with Crippen LogP contribution in [0.3, 0.4) is 0 Å². The van der Waals surface area contributed by atoms with Crippen LogP contribution in [-0.4, -0.2) is 16.6 Å². The highest BCUT2D eigenvalue weighted by Crippen LogP contribution is 2.52. The highest BCUT2D eigenvalue weighted by Gasteiger charge is 2.38. The van der Waals surface area contributed by atoms with Crippen molar-refractivity contribution >= 4 is 67.6 Å². The summed E-state index contributed by atoms with van der Waals surface area (Å²) in [6.45, 7) is 4.46. The van der Waals surface area contributed by atoms with Crippen LogP contribution in [0.4, 0.5) is 16.5 Å². The van der Waals surface area contributed by atoms with Crippen molar-refractivity contribution < 1.29 is 9.59 Å². The third kappa shape index (κ3) is 2.95. The van der Waals surface area contributed by atoms with Gasteiger partial charge in [-0.1, -0.05) is 38.1 Å². The molecule has 36 heavy (non-hydrogen) atoms. The Kier molecular flexibility index (Phi) is 4.50. The zero-order valence-corrected chi connectivity index (χ0v) is 21.2. The molecule has 5 aromatic rings. The standard InChI is InChI=1S/C30H20N2O2S2/c1-30(2)23-6-3-4-8-25(23)32(29-24(30)7-5-11-31-29)26-10-9-19(36-26)14-22-27(33)20-12-17-15-35-16-18(17)13-21(20)28(22)34/h3-16H,1-2H3. The molecule has 1 aliphatic heterocycles. The largest absolute Gasteiger partial charge is 0.288 e. The summed E-state index contributed by atoms with van der Waals surface area (Å²) < 4.78 is 0. The maximum absolute atomic E-state index is 13.2. The number of thiophene rings is 2. The molecule has 3 aromatic heterocycles. The molecule has 2 aliphatic rings. The van der Waals surface area contributed by atoms with E-state index in [9.17, 15) is 9.59 Å². The number of hydrogen-bond acceptors (Lipinski definition) is 6. The summed E-state index contributed by atoms with van der Waals surface area (Å²) in [5.41, 5.74) is 4.53. The first kappa shape index (κ1) is 21.4. The van der Waals surface area contributed by atoms with E-state index in [0.29, 0.717) is 11.1 Å². The molecular weight excluding hydrogens is 484 g/mol. The number of rotatable bonds is 2. The molecule has 174 valence electrons. The molecule has 6 heteroatoms. The Labute approximate surface area is 216 Å². The number of aromatic nitrogens is 1. The lowest BCUT2D eigenvalue weighted by molar-refractivity contribution is 0.0990. The molecule has 0 unspecified atom stereocenters. The Hall–Kier alpha value is -3.87. The molecule has 7 rings (SSSR count). The second kappa shape index (κ2) is 7.56. The zero-order chi connectivity index (χ0) is 24.6. The van der Waals surface area contributed by atoms with Crippen LogP contribution in [0.25, 0.3) is 16.8 Å². The minimum Gasteiger partial charge on any atom is -0.288 e. The maximum atomic E-state index is 13.2. The van der Waals surface area contributed by atoms with Gasteiger partial charge < -0.3 is 0 Å². The number of anilines is 3. The van der Waals surface area contributed by atoms with Gasteiger partial charge in [-0.15, -0.1) is 11.3 Å². The summed E-state index contributed by atoms with van der Waals surface area (Å²) in [4.78, 5) is 34.2. The van der Waals surface area contributed by atoms with Crippen LogP contribution in [0.15, 0.2) is 83.2 Å². The molecule has 0 N–H and O–H groups in total. The lowest BCUT2D eigenvalue weighted by atomic mass is 9.75. The van der Waals surface area contributed by atoms with Gasteiger partial charge in [0.25, 0.3) is 0 Å². The molecule has 0 fully saturated rings. The van der Waals surface area contributed by atoms with Gasteiger partial charge in [-0.2, -0.15) is 11.3 Å². The number of allylic oxidation sites excluding steroid dienone is 1. The van der Waals surface area contributed by atoms with Crippen molar-refractivity contribution in [1.82, 2.24) is 4.98 Å². The summed E-state index contributed by atoms with van der Waals surface area (Å²) in [6.07, 6.45) is 3.56. The van der Waals surface area contributed by atoms with Gasteiger partial charge >= 0.3 is 0 Å². The summed E-state index contributed by atoms with van der Waals surface area (Å²) in [5.74, 6) is 0.507. The minimum absolute atomic E-state index is 0.180. The summed E-state index contributed by atoms with van der Waals surface area (Å²) >= 11 is 3.12. The fraction of sp³-hybridized carbons (Fsp3) is 0.100. The number of para-hydroxylation sites is 1. The molecule has 0 bridgehead atoms. The predicted molar refractivity (Wildman–Crippen MR) is 147 cm³/mol. The molecule has 0 amide bonds.